The summed E-state index contributed by atoms with van der Waals surface area (Å²) in [6.45, 7) is 1.40. The number of carbonyl (C=O) groups excluding carboxylic acids is 1. The topological polar surface area (TPSA) is 74.8 Å². The number of terminal acetylenes is 1. The fourth-order valence-electron chi connectivity index (χ4n) is 3.08. The first kappa shape index (κ1) is 20.8. The highest BCUT2D eigenvalue weighted by Gasteiger charge is 2.12. The van der Waals surface area contributed by atoms with Gasteiger partial charge in [0.05, 0.1) is 19.3 Å². The van der Waals surface area contributed by atoms with Crippen molar-refractivity contribution in [2.75, 3.05) is 32.1 Å². The monoisotopic (exact) mass is 370 g/mol. The number of carbonyl (C=O) groups is 1. The van der Waals surface area contributed by atoms with E-state index in [4.69, 9.17) is 11.2 Å². The predicted molar refractivity (Wildman–Crippen MR) is 110 cm³/mol. The molecule has 0 spiro atoms. The molecule has 1 aromatic rings. The van der Waals surface area contributed by atoms with Gasteiger partial charge in [-0.15, -0.1) is 6.42 Å². The molecule has 0 saturated heterocycles. The molecule has 1 aliphatic carbocycles. The lowest BCUT2D eigenvalue weighted by atomic mass is 10.1. The van der Waals surface area contributed by atoms with E-state index in [1.807, 2.05) is 12.1 Å². The Balaban J connectivity index is 1.64. The van der Waals surface area contributed by atoms with Gasteiger partial charge in [0, 0.05) is 24.8 Å². The van der Waals surface area contributed by atoms with Crippen LogP contribution in [0.3, 0.4) is 0 Å². The van der Waals surface area contributed by atoms with Crippen molar-refractivity contribution in [1.82, 2.24) is 10.6 Å². The maximum atomic E-state index is 12.1. The molecule has 0 radical (unpaired) electrons. The van der Waals surface area contributed by atoms with Crippen molar-refractivity contribution in [2.45, 2.75) is 44.6 Å². The Labute approximate surface area is 162 Å². The minimum atomic E-state index is -0.165. The van der Waals surface area contributed by atoms with Crippen LogP contribution in [0.1, 0.15) is 44.1 Å². The average Bonchev–Trinajstić information content (AvgIpc) is 2.96. The number of ether oxygens (including phenoxy) is 1. The quantitative estimate of drug-likeness (QED) is 0.227. The van der Waals surface area contributed by atoms with Gasteiger partial charge in [-0.25, -0.2) is 0 Å². The largest absolute Gasteiger partial charge is 0.376 e. The molecule has 1 aliphatic rings. The van der Waals surface area contributed by atoms with Crippen LogP contribution < -0.4 is 16.0 Å². The second-order valence-corrected chi connectivity index (χ2v) is 6.61. The maximum Gasteiger partial charge on any atom is 0.243 e. The molecule has 3 N–H and O–H groups in total. The number of benzene rings is 1. The number of nitrogens with one attached hydrogen (secondary N) is 3. The molecule has 0 atom stereocenters. The first-order valence-electron chi connectivity index (χ1n) is 9.64. The Bertz CT molecular complexity index is 658. The van der Waals surface area contributed by atoms with Crippen LogP contribution in [0.4, 0.5) is 5.69 Å². The minimum absolute atomic E-state index is 0.115. The molecule has 146 valence electrons. The number of anilines is 1. The summed E-state index contributed by atoms with van der Waals surface area (Å²) in [6, 6.07) is 7.19. The Hall–Kier alpha value is -2.52. The Morgan fingerprint density at radius 1 is 1.26 bits per heavy atom. The Kier molecular flexibility index (Phi) is 9.22. The molecule has 0 heterocycles. The third-order valence-corrected chi connectivity index (χ3v) is 4.50. The van der Waals surface area contributed by atoms with Crippen molar-refractivity contribution in [3.8, 4) is 12.3 Å². The Morgan fingerprint density at radius 2 is 2.04 bits per heavy atom. The van der Waals surface area contributed by atoms with Gasteiger partial charge in [0.2, 0.25) is 5.91 Å². The second-order valence-electron chi connectivity index (χ2n) is 6.61. The molecule has 6 heteroatoms. The van der Waals surface area contributed by atoms with Gasteiger partial charge in [-0.3, -0.25) is 9.79 Å². The number of amides is 1. The molecule has 0 aliphatic heterocycles. The van der Waals surface area contributed by atoms with Gasteiger partial charge in [-0.05, 0) is 31.0 Å². The lowest BCUT2D eigenvalue weighted by molar-refractivity contribution is -0.115. The molecular weight excluding hydrogens is 340 g/mol. The first-order chi connectivity index (χ1) is 13.2. The molecule has 1 aromatic carbocycles. The zero-order chi connectivity index (χ0) is 19.3. The molecule has 27 heavy (non-hydrogen) atoms. The highest BCUT2D eigenvalue weighted by atomic mass is 16.5. The fourth-order valence-corrected chi connectivity index (χ4v) is 3.08. The van der Waals surface area contributed by atoms with Crippen LogP contribution in [0.15, 0.2) is 29.3 Å². The Morgan fingerprint density at radius 3 is 2.74 bits per heavy atom. The van der Waals surface area contributed by atoms with Crippen molar-refractivity contribution >= 4 is 17.6 Å². The van der Waals surface area contributed by atoms with Gasteiger partial charge in [0.1, 0.15) is 0 Å². The fraction of sp³-hybridized carbons (Fsp3) is 0.524. The summed E-state index contributed by atoms with van der Waals surface area (Å²) in [5, 5.41) is 8.97. The SMILES string of the molecule is C#Cc1cccc(NC(=O)CNC(=NC)NCCOC2CCCCCC2)c1. The number of hydrogen-bond donors (Lipinski definition) is 3. The molecule has 0 unspecified atom stereocenters. The number of nitrogens with zero attached hydrogens (tertiary/aromatic N) is 1. The van der Waals surface area contributed by atoms with E-state index in [1.54, 1.807) is 19.2 Å². The summed E-state index contributed by atoms with van der Waals surface area (Å²) in [5.74, 6) is 2.96. The molecule has 6 nitrogen and oxygen atoms in total. The van der Waals surface area contributed by atoms with Gasteiger partial charge in [-0.1, -0.05) is 37.7 Å². The summed E-state index contributed by atoms with van der Waals surface area (Å²) in [6.07, 6.45) is 13.2. The van der Waals surface area contributed by atoms with Crippen molar-refractivity contribution < 1.29 is 9.53 Å². The van der Waals surface area contributed by atoms with Gasteiger partial charge in [0.15, 0.2) is 5.96 Å². The van der Waals surface area contributed by atoms with Crippen LogP contribution in [-0.2, 0) is 9.53 Å². The smallest absolute Gasteiger partial charge is 0.243 e. The third-order valence-electron chi connectivity index (χ3n) is 4.50. The highest BCUT2D eigenvalue weighted by molar-refractivity contribution is 5.95. The summed E-state index contributed by atoms with van der Waals surface area (Å²) in [5.41, 5.74) is 1.41. The van der Waals surface area contributed by atoms with Crippen molar-refractivity contribution in [2.24, 2.45) is 4.99 Å². The zero-order valence-corrected chi connectivity index (χ0v) is 16.1. The van der Waals surface area contributed by atoms with E-state index in [9.17, 15) is 4.79 Å². The van der Waals surface area contributed by atoms with Gasteiger partial charge >= 0.3 is 0 Å². The molecule has 1 saturated carbocycles. The number of aliphatic imine (C=N–C) groups is 1. The molecule has 1 amide bonds. The summed E-state index contributed by atoms with van der Waals surface area (Å²) >= 11 is 0. The van der Waals surface area contributed by atoms with E-state index in [-0.39, 0.29) is 12.5 Å². The normalized spacial score (nSPS) is 15.5. The van der Waals surface area contributed by atoms with Gasteiger partial charge in [-0.2, -0.15) is 0 Å². The van der Waals surface area contributed by atoms with Gasteiger partial charge < -0.3 is 20.7 Å². The first-order valence-corrected chi connectivity index (χ1v) is 9.64. The van der Waals surface area contributed by atoms with Crippen LogP contribution in [0.2, 0.25) is 0 Å². The lowest BCUT2D eigenvalue weighted by Crippen LogP contribution is -2.42. The maximum absolute atomic E-state index is 12.1. The molecular formula is C21H30N4O2. The zero-order valence-electron chi connectivity index (χ0n) is 16.1. The predicted octanol–water partition coefficient (Wildman–Crippen LogP) is 2.51. The third kappa shape index (κ3) is 8.14. The van der Waals surface area contributed by atoms with Gasteiger partial charge in [0.25, 0.3) is 0 Å². The van der Waals surface area contributed by atoms with Crippen LogP contribution in [0.25, 0.3) is 0 Å². The van der Waals surface area contributed by atoms with Crippen LogP contribution in [0.5, 0.6) is 0 Å². The molecule has 2 rings (SSSR count). The van der Waals surface area contributed by atoms with E-state index in [0.29, 0.717) is 30.9 Å². The minimum Gasteiger partial charge on any atom is -0.376 e. The second kappa shape index (κ2) is 12.0. The van der Waals surface area contributed by atoms with E-state index in [1.165, 1.54) is 25.7 Å². The standard InChI is InChI=1S/C21H30N4O2/c1-3-17-9-8-10-18(15-17)25-20(26)16-24-21(22-2)23-13-14-27-19-11-6-4-5-7-12-19/h1,8-10,15,19H,4-7,11-14,16H2,2H3,(H,25,26)(H2,22,23,24). The number of guanidine groups is 1. The highest BCUT2D eigenvalue weighted by Crippen LogP contribution is 2.19. The van der Waals surface area contributed by atoms with E-state index < -0.39 is 0 Å². The summed E-state index contributed by atoms with van der Waals surface area (Å²) in [4.78, 5) is 16.2. The number of rotatable bonds is 7. The molecule has 0 aromatic heterocycles. The summed E-state index contributed by atoms with van der Waals surface area (Å²) < 4.78 is 5.94. The summed E-state index contributed by atoms with van der Waals surface area (Å²) in [7, 11) is 1.68. The van der Waals surface area contributed by atoms with E-state index in [0.717, 1.165) is 18.4 Å². The van der Waals surface area contributed by atoms with Crippen LogP contribution in [-0.4, -0.2) is 44.7 Å². The van der Waals surface area contributed by atoms with Crippen molar-refractivity contribution in [3.05, 3.63) is 29.8 Å². The number of hydrogen-bond acceptors (Lipinski definition) is 3. The average molecular weight is 370 g/mol. The lowest BCUT2D eigenvalue weighted by Gasteiger charge is -2.16. The van der Waals surface area contributed by atoms with Crippen molar-refractivity contribution in [3.63, 3.8) is 0 Å². The van der Waals surface area contributed by atoms with E-state index >= 15 is 0 Å². The molecule has 0 bridgehead atoms. The van der Waals surface area contributed by atoms with Crippen molar-refractivity contribution in [1.29, 1.82) is 0 Å². The molecule has 1 fully saturated rings. The van der Waals surface area contributed by atoms with Crippen LogP contribution in [0, 0.1) is 12.3 Å². The van der Waals surface area contributed by atoms with Crippen LogP contribution >= 0.6 is 0 Å². The van der Waals surface area contributed by atoms with E-state index in [2.05, 4.69) is 26.9 Å².